The predicted octanol–water partition coefficient (Wildman–Crippen LogP) is 5.69. The molecule has 0 radical (unpaired) electrons. The van der Waals surface area contributed by atoms with E-state index in [0.29, 0.717) is 52.4 Å². The molecule has 0 saturated carbocycles. The van der Waals surface area contributed by atoms with E-state index in [0.717, 1.165) is 46.6 Å². The van der Waals surface area contributed by atoms with Gasteiger partial charge in [-0.2, -0.15) is 0 Å². The fourth-order valence-electron chi connectivity index (χ4n) is 8.27. The molecule has 5 aliphatic rings. The predicted molar refractivity (Wildman–Crippen MR) is 228 cm³/mol. The molecule has 1 amide bonds. The third-order valence-electron chi connectivity index (χ3n) is 11.3. The van der Waals surface area contributed by atoms with E-state index in [2.05, 4.69) is 5.32 Å². The number of carbonyl (C=O) groups excluding carboxylic acids is 3. The topological polar surface area (TPSA) is 168 Å². The zero-order valence-corrected chi connectivity index (χ0v) is 36.7. The third kappa shape index (κ3) is 9.48. The van der Waals surface area contributed by atoms with Crippen LogP contribution in [-0.4, -0.2) is 110 Å². The Morgan fingerprint density at radius 3 is 1.67 bits per heavy atom. The minimum absolute atomic E-state index is 0.125. The molecule has 16 nitrogen and oxygen atoms in total. The lowest BCUT2D eigenvalue weighted by Crippen LogP contribution is -2.52. The summed E-state index contributed by atoms with van der Waals surface area (Å²) in [4.78, 5) is 39.4. The molecule has 1 fully saturated rings. The maximum atomic E-state index is 13.0. The molecule has 4 aromatic rings. The number of halogens is 1. The first-order chi connectivity index (χ1) is 30.7. The number of hydrogen-bond acceptors (Lipinski definition) is 15. The first-order valence-electron chi connectivity index (χ1n) is 20.3. The first-order valence-corrected chi connectivity index (χ1v) is 20.8. The molecular weight excluding hydrogens is 840 g/mol. The summed E-state index contributed by atoms with van der Waals surface area (Å²) in [6.45, 7) is 2.34. The molecule has 5 aliphatic heterocycles. The number of fused-ring (bicyclic) bond motifs is 4. The fourth-order valence-corrected chi connectivity index (χ4v) is 8.41. The van der Waals surface area contributed by atoms with Gasteiger partial charge in [-0.1, -0.05) is 12.1 Å². The van der Waals surface area contributed by atoms with Crippen molar-refractivity contribution in [3.05, 3.63) is 94.0 Å². The van der Waals surface area contributed by atoms with Crippen LogP contribution >= 0.6 is 11.6 Å². The normalized spacial score (nSPS) is 19.8. The zero-order valence-electron chi connectivity index (χ0n) is 36.0. The van der Waals surface area contributed by atoms with E-state index in [9.17, 15) is 14.4 Å². The monoisotopic (exact) mass is 890 g/mol. The van der Waals surface area contributed by atoms with Crippen LogP contribution in [-0.2, 0) is 41.4 Å². The second-order valence-corrected chi connectivity index (χ2v) is 15.1. The van der Waals surface area contributed by atoms with E-state index in [1.54, 1.807) is 34.5 Å². The fraction of sp³-hybridized carbons (Fsp3) is 0.413. The van der Waals surface area contributed by atoms with Gasteiger partial charge in [-0.25, -0.2) is 4.79 Å². The number of alkyl halides is 1. The van der Waals surface area contributed by atoms with E-state index in [-0.39, 0.29) is 43.8 Å². The van der Waals surface area contributed by atoms with E-state index >= 15 is 0 Å². The van der Waals surface area contributed by atoms with Gasteiger partial charge < -0.3 is 57.0 Å². The summed E-state index contributed by atoms with van der Waals surface area (Å²) in [5.41, 5.74) is 5.37. The summed E-state index contributed by atoms with van der Waals surface area (Å²) in [5, 5.41) is 3.39. The highest BCUT2D eigenvalue weighted by atomic mass is 35.5. The van der Waals surface area contributed by atoms with Gasteiger partial charge >= 0.3 is 11.9 Å². The molecule has 0 bridgehead atoms. The number of benzene rings is 4. The van der Waals surface area contributed by atoms with Gasteiger partial charge in [0.2, 0.25) is 19.5 Å². The van der Waals surface area contributed by atoms with E-state index < -0.39 is 24.1 Å². The molecule has 17 heteroatoms. The van der Waals surface area contributed by atoms with Crippen molar-refractivity contribution in [1.29, 1.82) is 0 Å². The van der Waals surface area contributed by atoms with Crippen molar-refractivity contribution in [1.82, 2.24) is 10.2 Å². The van der Waals surface area contributed by atoms with Crippen molar-refractivity contribution in [2.75, 3.05) is 75.3 Å². The Balaban J connectivity index is 0.000000171. The molecule has 4 atom stereocenters. The molecule has 2 unspecified atom stereocenters. The molecule has 9 rings (SSSR count). The highest BCUT2D eigenvalue weighted by Crippen LogP contribution is 2.46. The molecule has 4 aromatic carbocycles. The van der Waals surface area contributed by atoms with Gasteiger partial charge in [-0.15, -0.1) is 11.6 Å². The Labute approximate surface area is 370 Å². The van der Waals surface area contributed by atoms with Crippen LogP contribution in [0.5, 0.6) is 46.0 Å². The van der Waals surface area contributed by atoms with Crippen LogP contribution in [0.2, 0.25) is 0 Å². The Kier molecular flexibility index (Phi) is 14.5. The molecule has 0 aromatic heterocycles. The Hall–Kier alpha value is -6.10. The average molecular weight is 891 g/mol. The van der Waals surface area contributed by atoms with Gasteiger partial charge in [0.1, 0.15) is 18.0 Å². The van der Waals surface area contributed by atoms with Crippen LogP contribution in [0.1, 0.15) is 58.3 Å². The summed E-state index contributed by atoms with van der Waals surface area (Å²) in [6, 6.07) is 16.6. The SMILES string of the molecule is C1CCOC1.COC(=O)[C@@H]1Cc2cc(OC)c(OC)cc2C(c2ccc3c(c2)OCO3)N1.COC(=O)[C@@H]1Cc2cc(OC)c(OC)cc2C(c2ccc3c(c2)OCO3)N1C(=O)CCl. The Bertz CT molecular complexity index is 2290. The molecule has 0 aliphatic carbocycles. The molecule has 1 N–H and O–H groups in total. The van der Waals surface area contributed by atoms with Crippen molar-refractivity contribution >= 4 is 29.4 Å². The van der Waals surface area contributed by atoms with Gasteiger partial charge in [-0.05, 0) is 101 Å². The lowest BCUT2D eigenvalue weighted by atomic mass is 9.84. The number of methoxy groups -OCH3 is 6. The summed E-state index contributed by atoms with van der Waals surface area (Å²) >= 11 is 5.95. The van der Waals surface area contributed by atoms with Crippen molar-refractivity contribution in [3.63, 3.8) is 0 Å². The zero-order chi connectivity index (χ0) is 44.6. The van der Waals surface area contributed by atoms with Crippen LogP contribution in [0.25, 0.3) is 0 Å². The average Bonchev–Trinajstić information content (AvgIpc) is 4.16. The number of ether oxygens (including phenoxy) is 11. The third-order valence-corrected chi connectivity index (χ3v) is 11.6. The summed E-state index contributed by atoms with van der Waals surface area (Å²) in [5.74, 6) is 3.41. The molecule has 63 heavy (non-hydrogen) atoms. The van der Waals surface area contributed by atoms with Crippen LogP contribution in [0.3, 0.4) is 0 Å². The lowest BCUT2D eigenvalue weighted by Gasteiger charge is -2.42. The molecule has 0 spiro atoms. The lowest BCUT2D eigenvalue weighted by molar-refractivity contribution is -0.154. The number of nitrogens with one attached hydrogen (secondary N) is 1. The summed E-state index contributed by atoms with van der Waals surface area (Å²) in [7, 11) is 8.98. The van der Waals surface area contributed by atoms with E-state index in [1.807, 2.05) is 54.6 Å². The van der Waals surface area contributed by atoms with Gasteiger partial charge in [0, 0.05) is 19.6 Å². The number of rotatable bonds is 9. The van der Waals surface area contributed by atoms with Gasteiger partial charge in [0.15, 0.2) is 46.0 Å². The van der Waals surface area contributed by atoms with Crippen molar-refractivity contribution in [2.45, 2.75) is 49.9 Å². The van der Waals surface area contributed by atoms with Gasteiger partial charge in [-0.3, -0.25) is 14.9 Å². The second kappa shape index (κ2) is 20.4. The minimum atomic E-state index is -0.850. The highest BCUT2D eigenvalue weighted by Gasteiger charge is 2.43. The summed E-state index contributed by atoms with van der Waals surface area (Å²) < 4.78 is 58.6. The number of nitrogens with zero attached hydrogens (tertiary/aromatic N) is 1. The van der Waals surface area contributed by atoms with Crippen molar-refractivity contribution in [2.24, 2.45) is 0 Å². The number of esters is 2. The van der Waals surface area contributed by atoms with Crippen LogP contribution in [0.15, 0.2) is 60.7 Å². The van der Waals surface area contributed by atoms with Crippen LogP contribution in [0, 0.1) is 0 Å². The maximum absolute atomic E-state index is 13.0. The number of amides is 1. The second-order valence-electron chi connectivity index (χ2n) is 14.8. The van der Waals surface area contributed by atoms with Crippen LogP contribution in [0.4, 0.5) is 0 Å². The minimum Gasteiger partial charge on any atom is -0.493 e. The van der Waals surface area contributed by atoms with Gasteiger partial charge in [0.05, 0.1) is 54.7 Å². The first kappa shape index (κ1) is 44.9. The van der Waals surface area contributed by atoms with Crippen molar-refractivity contribution < 1.29 is 66.5 Å². The molecule has 336 valence electrons. The largest absolute Gasteiger partial charge is 0.493 e. The highest BCUT2D eigenvalue weighted by molar-refractivity contribution is 6.27. The smallest absolute Gasteiger partial charge is 0.328 e. The Morgan fingerprint density at radius 2 is 1.14 bits per heavy atom. The van der Waals surface area contributed by atoms with Gasteiger partial charge in [0.25, 0.3) is 0 Å². The Morgan fingerprint density at radius 1 is 0.635 bits per heavy atom. The van der Waals surface area contributed by atoms with E-state index in [1.165, 1.54) is 32.0 Å². The molecular formula is C46H51ClN2O14. The molecule has 1 saturated heterocycles. The maximum Gasteiger partial charge on any atom is 0.328 e. The quantitative estimate of drug-likeness (QED) is 0.161. The summed E-state index contributed by atoms with van der Waals surface area (Å²) in [6.07, 6.45) is 3.31. The molecule has 5 heterocycles. The number of carbonyl (C=O) groups is 3. The van der Waals surface area contributed by atoms with Crippen LogP contribution < -0.4 is 43.2 Å². The van der Waals surface area contributed by atoms with E-state index in [4.69, 9.17) is 63.7 Å². The standard InChI is InChI=1S/C22H22ClNO7.C20H21NO6.C4H8O/c1-27-17-8-13-6-15(22(26)29-3)24(20(25)10-23)21(14(13)9-18(17)28-2)12-4-5-16-19(7-12)31-11-30-16;1-23-16-8-12-6-14(20(22)25-3)21-19(13(12)9-17(16)24-2)11-4-5-15-18(7-11)27-10-26-15;1-2-4-5-3-1/h4-5,7-9,15,21H,6,10-11H2,1-3H3;4-5,7-9,14,19,21H,6,10H2,1-3H3;1-4H2/t15-,21?;14-,19?;/m00./s1. The number of hydrogen-bond donors (Lipinski definition) is 1. The van der Waals surface area contributed by atoms with Crippen molar-refractivity contribution in [3.8, 4) is 46.0 Å².